The summed E-state index contributed by atoms with van der Waals surface area (Å²) in [7, 11) is -2.16. The molecule has 0 spiro atoms. The number of hydrogen-bond donors (Lipinski definition) is 1. The number of rotatable bonds is 6. The number of carbonyl (C=O) groups is 2. The lowest BCUT2D eigenvalue weighted by Gasteiger charge is -2.38. The van der Waals surface area contributed by atoms with Gasteiger partial charge in [0, 0.05) is 27.9 Å². The zero-order valence-corrected chi connectivity index (χ0v) is 25.1. The number of esters is 1. The number of benzene rings is 1. The first-order valence-electron chi connectivity index (χ1n) is 12.7. The van der Waals surface area contributed by atoms with Gasteiger partial charge in [-0.1, -0.05) is 32.4 Å². The van der Waals surface area contributed by atoms with Crippen LogP contribution in [0, 0.1) is 0 Å². The fraction of sp³-hybridized carbons (Fsp3) is 0.536. The summed E-state index contributed by atoms with van der Waals surface area (Å²) >= 11 is 6.35. The van der Waals surface area contributed by atoms with Crippen molar-refractivity contribution in [3.8, 4) is 11.1 Å². The second-order valence-corrected chi connectivity index (χ2v) is 17.1. The highest BCUT2D eigenvalue weighted by molar-refractivity contribution is 6.74. The van der Waals surface area contributed by atoms with Crippen molar-refractivity contribution in [1.29, 1.82) is 0 Å². The highest BCUT2D eigenvalue weighted by atomic mass is 35.5. The number of nitrogens with one attached hydrogen (secondary N) is 1. The largest absolute Gasteiger partial charge is 0.465 e. The van der Waals surface area contributed by atoms with Gasteiger partial charge in [0.25, 0.3) is 0 Å². The minimum Gasteiger partial charge on any atom is -0.465 e. The van der Waals surface area contributed by atoms with Crippen LogP contribution in [0.15, 0.2) is 30.5 Å². The summed E-state index contributed by atoms with van der Waals surface area (Å²) in [5.41, 5.74) is 2.89. The summed E-state index contributed by atoms with van der Waals surface area (Å²) in [6.45, 7) is 18.5. The third kappa shape index (κ3) is 6.92. The Balaban J connectivity index is 2.06. The average molecular weight is 547 g/mol. The van der Waals surface area contributed by atoms with Crippen LogP contribution in [-0.4, -0.2) is 37.6 Å². The Labute approximate surface area is 226 Å². The Morgan fingerprint density at radius 3 is 2.41 bits per heavy atom. The van der Waals surface area contributed by atoms with Crippen LogP contribution in [0.3, 0.4) is 0 Å². The molecule has 1 aromatic carbocycles. The van der Waals surface area contributed by atoms with Gasteiger partial charge < -0.3 is 13.9 Å². The first-order valence-corrected chi connectivity index (χ1v) is 15.9. The standard InChI is InChI=1S/C28H39ClN2O5Si/c1-10-34-25(32)21-15-23(36-37(8,9)28(5,6)7)20-13-17(16-30-24(20)21)19-14-18(29)11-12-22(19)31-26(33)35-27(2,3)4/h11-14,16,21,23H,10,15H2,1-9H3,(H,31,33). The summed E-state index contributed by atoms with van der Waals surface area (Å²) in [6, 6.07) is 7.21. The molecule has 1 aliphatic rings. The third-order valence-electron chi connectivity index (χ3n) is 6.82. The van der Waals surface area contributed by atoms with Crippen LogP contribution in [0.1, 0.15) is 78.2 Å². The number of halogens is 1. The molecule has 2 unspecified atom stereocenters. The van der Waals surface area contributed by atoms with Crippen LogP contribution in [0.25, 0.3) is 11.1 Å². The van der Waals surface area contributed by atoms with E-state index in [2.05, 4.69) is 39.2 Å². The number of anilines is 1. The molecule has 0 saturated heterocycles. The van der Waals surface area contributed by atoms with E-state index in [1.165, 1.54) is 0 Å². The molecule has 3 rings (SSSR count). The van der Waals surface area contributed by atoms with Crippen LogP contribution in [0.5, 0.6) is 0 Å². The van der Waals surface area contributed by atoms with Gasteiger partial charge in [-0.15, -0.1) is 0 Å². The first-order chi connectivity index (χ1) is 17.0. The van der Waals surface area contributed by atoms with Crippen molar-refractivity contribution >= 4 is 37.7 Å². The molecular formula is C28H39ClN2O5Si. The average Bonchev–Trinajstić information content (AvgIpc) is 3.10. The molecule has 7 nitrogen and oxygen atoms in total. The van der Waals surface area contributed by atoms with Crippen LogP contribution in [-0.2, 0) is 18.7 Å². The van der Waals surface area contributed by atoms with Gasteiger partial charge in [-0.25, -0.2) is 4.79 Å². The molecule has 1 aliphatic carbocycles. The summed E-state index contributed by atoms with van der Waals surface area (Å²) in [6.07, 6.45) is 1.33. The highest BCUT2D eigenvalue weighted by Gasteiger charge is 2.45. The molecule has 1 aromatic heterocycles. The molecule has 2 atom stereocenters. The Kier molecular flexibility index (Phi) is 8.46. The number of carbonyl (C=O) groups excluding carboxylic acids is 2. The maximum absolute atomic E-state index is 12.8. The lowest BCUT2D eigenvalue weighted by Crippen LogP contribution is -2.41. The molecule has 9 heteroatoms. The van der Waals surface area contributed by atoms with Crippen LogP contribution >= 0.6 is 11.6 Å². The second kappa shape index (κ2) is 10.7. The molecule has 37 heavy (non-hydrogen) atoms. The Bertz CT molecular complexity index is 1170. The minimum absolute atomic E-state index is 0.00230. The molecule has 0 saturated carbocycles. The van der Waals surface area contributed by atoms with Gasteiger partial charge in [-0.3, -0.25) is 15.1 Å². The fourth-order valence-electron chi connectivity index (χ4n) is 4.01. The monoisotopic (exact) mass is 546 g/mol. The maximum Gasteiger partial charge on any atom is 0.412 e. The van der Waals surface area contributed by atoms with Crippen molar-refractivity contribution in [3.05, 3.63) is 46.7 Å². The molecular weight excluding hydrogens is 508 g/mol. The molecule has 1 amide bonds. The smallest absolute Gasteiger partial charge is 0.412 e. The number of fused-ring (bicyclic) bond motifs is 1. The second-order valence-electron chi connectivity index (χ2n) is 11.9. The van der Waals surface area contributed by atoms with Crippen molar-refractivity contribution in [2.24, 2.45) is 0 Å². The Morgan fingerprint density at radius 2 is 1.81 bits per heavy atom. The van der Waals surface area contributed by atoms with Gasteiger partial charge in [-0.2, -0.15) is 0 Å². The van der Waals surface area contributed by atoms with E-state index in [4.69, 9.17) is 30.5 Å². The molecule has 0 aliphatic heterocycles. The Hall–Kier alpha value is -2.42. The van der Waals surface area contributed by atoms with Gasteiger partial charge in [0.05, 0.1) is 24.1 Å². The number of amides is 1. The van der Waals surface area contributed by atoms with E-state index >= 15 is 0 Å². The van der Waals surface area contributed by atoms with E-state index in [-0.39, 0.29) is 17.1 Å². The van der Waals surface area contributed by atoms with Crippen molar-refractivity contribution < 1.29 is 23.5 Å². The van der Waals surface area contributed by atoms with Gasteiger partial charge in [0.1, 0.15) is 11.5 Å². The van der Waals surface area contributed by atoms with Crippen LogP contribution in [0.2, 0.25) is 23.2 Å². The number of nitrogens with zero attached hydrogens (tertiary/aromatic N) is 1. The summed E-state index contributed by atoms with van der Waals surface area (Å²) in [5.74, 6) is -0.780. The summed E-state index contributed by atoms with van der Waals surface area (Å²) in [5, 5.41) is 3.34. The number of ether oxygens (including phenoxy) is 2. The van der Waals surface area contributed by atoms with Crippen molar-refractivity contribution in [2.45, 2.75) is 90.6 Å². The topological polar surface area (TPSA) is 86.8 Å². The highest BCUT2D eigenvalue weighted by Crippen LogP contribution is 2.48. The van der Waals surface area contributed by atoms with Gasteiger partial charge in [0.2, 0.25) is 0 Å². The van der Waals surface area contributed by atoms with E-state index in [1.807, 2.05) is 26.8 Å². The Morgan fingerprint density at radius 1 is 1.14 bits per heavy atom. The predicted octanol–water partition coefficient (Wildman–Crippen LogP) is 7.86. The van der Waals surface area contributed by atoms with Gasteiger partial charge >= 0.3 is 12.1 Å². The van der Waals surface area contributed by atoms with Crippen LogP contribution in [0.4, 0.5) is 10.5 Å². The van der Waals surface area contributed by atoms with E-state index < -0.39 is 25.9 Å². The summed E-state index contributed by atoms with van der Waals surface area (Å²) < 4.78 is 17.6. The number of hydrogen-bond acceptors (Lipinski definition) is 6. The van der Waals surface area contributed by atoms with Crippen molar-refractivity contribution in [1.82, 2.24) is 4.98 Å². The SMILES string of the molecule is CCOC(=O)C1CC(O[Si](C)(C)C(C)(C)C)c2cc(-c3cc(Cl)ccc3NC(=O)OC(C)(C)C)cnc21. The zero-order chi connectivity index (χ0) is 27.8. The van der Waals surface area contributed by atoms with Crippen LogP contribution < -0.4 is 5.32 Å². The predicted molar refractivity (Wildman–Crippen MR) is 150 cm³/mol. The van der Waals surface area contributed by atoms with E-state index in [0.29, 0.717) is 35.0 Å². The molecule has 0 radical (unpaired) electrons. The zero-order valence-electron chi connectivity index (χ0n) is 23.3. The van der Waals surface area contributed by atoms with Gasteiger partial charge in [-0.05, 0) is 76.5 Å². The summed E-state index contributed by atoms with van der Waals surface area (Å²) in [4.78, 5) is 30.1. The molecule has 1 heterocycles. The van der Waals surface area contributed by atoms with Gasteiger partial charge in [0.15, 0.2) is 8.32 Å². The molecule has 0 bridgehead atoms. The van der Waals surface area contributed by atoms with E-state index in [9.17, 15) is 9.59 Å². The molecule has 2 aromatic rings. The quantitative estimate of drug-likeness (QED) is 0.293. The molecule has 202 valence electrons. The number of aromatic nitrogens is 1. The first kappa shape index (κ1) is 29.1. The minimum atomic E-state index is -2.16. The molecule has 0 fully saturated rings. The molecule has 1 N–H and O–H groups in total. The van der Waals surface area contributed by atoms with E-state index in [1.54, 1.807) is 31.3 Å². The number of pyridine rings is 1. The lowest BCUT2D eigenvalue weighted by molar-refractivity contribution is -0.145. The van der Waals surface area contributed by atoms with Crippen molar-refractivity contribution in [2.75, 3.05) is 11.9 Å². The normalized spacial score (nSPS) is 17.8. The van der Waals surface area contributed by atoms with Crippen molar-refractivity contribution in [3.63, 3.8) is 0 Å². The maximum atomic E-state index is 12.8. The third-order valence-corrected chi connectivity index (χ3v) is 11.5. The fourth-order valence-corrected chi connectivity index (χ4v) is 5.47. The van der Waals surface area contributed by atoms with E-state index in [0.717, 1.165) is 11.1 Å². The lowest BCUT2D eigenvalue weighted by atomic mass is 10.0.